The number of hydrogen-bond acceptors (Lipinski definition) is 4. The second-order valence-corrected chi connectivity index (χ2v) is 15.7. The monoisotopic (exact) mass is 222 g/mol. The Morgan fingerprint density at radius 1 is 1.60 bits per heavy atom. The quantitative estimate of drug-likeness (QED) is 0.299. The fraction of sp³-hybridized carbons (Fsp3) is 0.500. The van der Waals surface area contributed by atoms with E-state index in [0.717, 1.165) is 0 Å². The molecule has 0 bridgehead atoms. The Labute approximate surface area is 62.8 Å². The summed E-state index contributed by atoms with van der Waals surface area (Å²) in [6.45, 7) is -0.250. The normalized spacial score (nSPS) is 9.10. The van der Waals surface area contributed by atoms with E-state index in [-0.39, 0.29) is 6.47 Å². The summed E-state index contributed by atoms with van der Waals surface area (Å²) in [6.07, 6.45) is 0. The van der Waals surface area contributed by atoms with E-state index < -0.39 is 23.1 Å². The van der Waals surface area contributed by atoms with Crippen LogP contribution in [0.2, 0.25) is 5.52 Å². The molecule has 0 aromatic heterocycles. The van der Waals surface area contributed by atoms with Crippen LogP contribution in [-0.4, -0.2) is 24.5 Å². The summed E-state index contributed by atoms with van der Waals surface area (Å²) in [5.41, 5.74) is 1.40. The van der Waals surface area contributed by atoms with Crippen LogP contribution in [0.5, 0.6) is 0 Å². The average molecular weight is 224 g/mol. The summed E-state index contributed by atoms with van der Waals surface area (Å²) < 4.78 is 32.7. The van der Waals surface area contributed by atoms with Gasteiger partial charge in [0.15, 0.2) is 0 Å². The summed E-state index contributed by atoms with van der Waals surface area (Å²) in [7, 11) is -3.75. The van der Waals surface area contributed by atoms with Crippen molar-refractivity contribution in [1.82, 2.24) is 0 Å². The molecule has 59 valence electrons. The Bertz CT molecular complexity index is 174. The zero-order valence-corrected chi connectivity index (χ0v) is 9.17. The van der Waals surface area contributed by atoms with Crippen LogP contribution in [0.25, 0.3) is 0 Å². The van der Waals surface area contributed by atoms with Crippen LogP contribution in [0, 0.1) is 0 Å². The molecule has 0 aliphatic heterocycles. The van der Waals surface area contributed by atoms with Crippen LogP contribution in [0.1, 0.15) is 0 Å². The molecular weight excluding hydrogens is 215 g/mol. The first-order chi connectivity index (χ1) is 4.36. The topological polar surface area (TPSA) is 118 Å². The number of carboxylic acid groups (broad SMARTS) is 1. The van der Waals surface area contributed by atoms with Gasteiger partial charge in [-0.15, -0.1) is 0 Å². The van der Waals surface area contributed by atoms with Crippen molar-refractivity contribution in [2.45, 2.75) is 5.52 Å². The zero-order chi connectivity index (χ0) is 8.78. The molecule has 0 radical (unpaired) electrons. The van der Waals surface area contributed by atoms with Gasteiger partial charge in [-0.1, -0.05) is 0 Å². The predicted molar refractivity (Wildman–Crippen MR) is 30.3 cm³/mol. The van der Waals surface area contributed by atoms with Gasteiger partial charge in [-0.2, -0.15) is 0 Å². The first kappa shape index (κ1) is 12.6. The van der Waals surface area contributed by atoms with Crippen LogP contribution in [0.4, 0.5) is 0 Å². The SMILES string of the molecule is O=CO.[CH3][Zn]([NH2])[S](=O)(=O)O. The maximum absolute atomic E-state index is 9.85. The third kappa shape index (κ3) is 10.9. The van der Waals surface area contributed by atoms with E-state index >= 15 is 0 Å². The van der Waals surface area contributed by atoms with E-state index in [2.05, 4.69) is 0 Å². The van der Waals surface area contributed by atoms with Crippen LogP contribution in [-0.2, 0) is 27.9 Å². The van der Waals surface area contributed by atoms with Crippen molar-refractivity contribution in [2.75, 3.05) is 0 Å². The second-order valence-electron chi connectivity index (χ2n) is 1.55. The van der Waals surface area contributed by atoms with Crippen LogP contribution >= 0.6 is 0 Å². The molecule has 0 aromatic carbocycles. The van der Waals surface area contributed by atoms with E-state index in [1.165, 1.54) is 5.52 Å². The van der Waals surface area contributed by atoms with Crippen molar-refractivity contribution in [3.05, 3.63) is 0 Å². The third-order valence-corrected chi connectivity index (χ3v) is 8.97. The van der Waals surface area contributed by atoms with Gasteiger partial charge in [0, 0.05) is 0 Å². The summed E-state index contributed by atoms with van der Waals surface area (Å²) in [5.74, 6) is 0. The zero-order valence-electron chi connectivity index (χ0n) is 5.39. The third-order valence-electron chi connectivity index (χ3n) is 0.575. The molecule has 0 spiro atoms. The molecule has 4 N–H and O–H groups in total. The van der Waals surface area contributed by atoms with Crippen molar-refractivity contribution >= 4 is 14.6 Å². The minimum atomic E-state index is -3.75. The number of rotatable bonds is 1. The fourth-order valence-electron chi connectivity index (χ4n) is 0. The van der Waals surface area contributed by atoms with Gasteiger partial charge in [-0.3, -0.25) is 4.79 Å². The number of carbonyl (C=O) groups is 1. The standard InChI is InChI=1S/CH2O2.CH3.H2N.HO3S.Zn/c2-1-3;;;1-4(2)3;/h1H,(H,2,3);1H3;1H2;(H,1,2,3);/q;;-1;;+1. The molecule has 0 saturated heterocycles. The Morgan fingerprint density at radius 2 is 1.70 bits per heavy atom. The van der Waals surface area contributed by atoms with Gasteiger partial charge in [0.1, 0.15) is 0 Å². The van der Waals surface area contributed by atoms with Crippen molar-refractivity contribution in [3.8, 4) is 0 Å². The maximum atomic E-state index is 9.85. The molecule has 0 fully saturated rings. The van der Waals surface area contributed by atoms with Crippen molar-refractivity contribution in [2.24, 2.45) is 4.48 Å². The molecule has 0 atom stereocenters. The molecule has 8 heteroatoms. The van der Waals surface area contributed by atoms with Gasteiger partial charge in [-0.25, -0.2) is 0 Å². The van der Waals surface area contributed by atoms with E-state index in [1.807, 2.05) is 0 Å². The van der Waals surface area contributed by atoms with E-state index in [4.69, 9.17) is 18.9 Å². The molecule has 6 nitrogen and oxygen atoms in total. The Morgan fingerprint density at radius 3 is 1.70 bits per heavy atom. The summed E-state index contributed by atoms with van der Waals surface area (Å²) in [6, 6.07) is 0. The van der Waals surface area contributed by atoms with Crippen molar-refractivity contribution < 1.29 is 37.8 Å². The number of nitrogens with two attached hydrogens (primary N) is 1. The van der Waals surface area contributed by atoms with Crippen LogP contribution in [0.15, 0.2) is 0 Å². The summed E-state index contributed by atoms with van der Waals surface area (Å²) in [5, 5.41) is 6.89. The van der Waals surface area contributed by atoms with Crippen molar-refractivity contribution in [3.63, 3.8) is 0 Å². The molecule has 10 heavy (non-hydrogen) atoms. The van der Waals surface area contributed by atoms with Gasteiger partial charge >= 0.3 is 46.0 Å². The predicted octanol–water partition coefficient (Wildman–Crippen LogP) is -0.970. The molecule has 0 aliphatic rings. The van der Waals surface area contributed by atoms with Gasteiger partial charge in [-0.05, 0) is 0 Å². The van der Waals surface area contributed by atoms with Gasteiger partial charge in [0.25, 0.3) is 6.47 Å². The molecule has 0 rings (SSSR count). The molecule has 0 aromatic rings. The summed E-state index contributed by atoms with van der Waals surface area (Å²) >= 11 is -2.91. The Hall–Kier alpha value is -0.0366. The van der Waals surface area contributed by atoms with Gasteiger partial charge in [0.05, 0.1) is 0 Å². The average Bonchev–Trinajstić information content (AvgIpc) is 1.64. The van der Waals surface area contributed by atoms with Crippen LogP contribution < -0.4 is 4.48 Å². The van der Waals surface area contributed by atoms with Gasteiger partial charge < -0.3 is 5.11 Å². The molecule has 0 saturated carbocycles. The van der Waals surface area contributed by atoms with E-state index in [9.17, 15) is 8.42 Å². The van der Waals surface area contributed by atoms with Gasteiger partial charge in [0.2, 0.25) is 0 Å². The fourth-order valence-corrected chi connectivity index (χ4v) is 0. The number of hydrogen-bond donors (Lipinski definition) is 3. The second kappa shape index (κ2) is 5.73. The molecule has 0 heterocycles. The molecular formula is C2H8NO5SZn. The molecule has 0 amide bonds. The molecule has 0 aliphatic carbocycles. The van der Waals surface area contributed by atoms with Crippen molar-refractivity contribution in [1.29, 1.82) is 0 Å². The van der Waals surface area contributed by atoms with E-state index in [0.29, 0.717) is 0 Å². The summed E-state index contributed by atoms with van der Waals surface area (Å²) in [4.78, 5) is 8.36. The van der Waals surface area contributed by atoms with E-state index in [1.54, 1.807) is 0 Å². The first-order valence-corrected chi connectivity index (χ1v) is 12.3. The first-order valence-electron chi connectivity index (χ1n) is 2.41. The Balaban J connectivity index is 0. The Kier molecular flexibility index (Phi) is 7.23. The molecule has 0 unspecified atom stereocenters. The minimum absolute atomic E-state index is 0.250. The van der Waals surface area contributed by atoms with Crippen LogP contribution in [0.3, 0.4) is 0 Å².